The Morgan fingerprint density at radius 2 is 2.33 bits per heavy atom. The Labute approximate surface area is 70.5 Å². The van der Waals surface area contributed by atoms with Crippen molar-refractivity contribution in [2.45, 2.75) is 31.7 Å². The normalized spacial score (nSPS) is 25.6. The fourth-order valence-electron chi connectivity index (χ4n) is 1.49. The molecule has 12 heavy (non-hydrogen) atoms. The highest BCUT2D eigenvalue weighted by Crippen LogP contribution is 2.28. The van der Waals surface area contributed by atoms with E-state index >= 15 is 0 Å². The second-order valence-electron chi connectivity index (χ2n) is 3.19. The van der Waals surface area contributed by atoms with Gasteiger partial charge in [-0.3, -0.25) is 4.90 Å². The van der Waals surface area contributed by atoms with Gasteiger partial charge in [-0.2, -0.15) is 0 Å². The first-order valence-corrected chi connectivity index (χ1v) is 4.16. The highest BCUT2D eigenvalue weighted by atomic mass is 19.3. The number of rotatable bonds is 3. The summed E-state index contributed by atoms with van der Waals surface area (Å²) in [5.74, 6) is -2.59. The molecular formula is C8H13F2NO. The first-order chi connectivity index (χ1) is 5.59. The van der Waals surface area contributed by atoms with E-state index < -0.39 is 5.92 Å². The van der Waals surface area contributed by atoms with Crippen LogP contribution in [0.4, 0.5) is 8.78 Å². The molecule has 2 nitrogen and oxygen atoms in total. The zero-order valence-electron chi connectivity index (χ0n) is 7.09. The minimum atomic E-state index is -2.59. The van der Waals surface area contributed by atoms with Crippen molar-refractivity contribution in [2.75, 3.05) is 13.1 Å². The number of carbonyl (C=O) groups is 1. The third-order valence-corrected chi connectivity index (χ3v) is 2.24. The number of carbonyl (C=O) groups excluding carboxylic acids is 1. The lowest BCUT2D eigenvalue weighted by Gasteiger charge is -2.20. The minimum Gasteiger partial charge on any atom is -0.302 e. The average molecular weight is 177 g/mol. The van der Waals surface area contributed by atoms with Crippen LogP contribution in [0.5, 0.6) is 0 Å². The number of likely N-dealkylation sites (tertiary alicyclic amines) is 1. The van der Waals surface area contributed by atoms with Gasteiger partial charge in [-0.05, 0) is 6.42 Å². The van der Waals surface area contributed by atoms with Crippen LogP contribution in [0.15, 0.2) is 0 Å². The summed E-state index contributed by atoms with van der Waals surface area (Å²) in [5, 5.41) is 0. The number of aldehydes is 1. The van der Waals surface area contributed by atoms with Crippen LogP contribution < -0.4 is 0 Å². The maximum Gasteiger partial charge on any atom is 0.261 e. The summed E-state index contributed by atoms with van der Waals surface area (Å²) in [4.78, 5) is 12.0. The molecule has 0 aromatic heterocycles. The van der Waals surface area contributed by atoms with Gasteiger partial charge in [-0.25, -0.2) is 8.78 Å². The van der Waals surface area contributed by atoms with Gasteiger partial charge in [0.25, 0.3) is 5.92 Å². The maximum absolute atomic E-state index is 12.7. The molecule has 0 spiro atoms. The van der Waals surface area contributed by atoms with Gasteiger partial charge in [-0.15, -0.1) is 0 Å². The van der Waals surface area contributed by atoms with Gasteiger partial charge < -0.3 is 4.79 Å². The number of hydrogen-bond acceptors (Lipinski definition) is 2. The van der Waals surface area contributed by atoms with Gasteiger partial charge in [0, 0.05) is 13.0 Å². The van der Waals surface area contributed by atoms with Gasteiger partial charge in [0.2, 0.25) is 0 Å². The summed E-state index contributed by atoms with van der Waals surface area (Å²) in [6.07, 6.45) is 1.25. The molecule has 70 valence electrons. The molecule has 0 bridgehead atoms. The first kappa shape index (κ1) is 9.58. The molecule has 1 rings (SSSR count). The predicted octanol–water partition coefficient (Wildman–Crippen LogP) is 1.30. The molecule has 0 N–H and O–H groups in total. The number of alkyl halides is 2. The average Bonchev–Trinajstić information content (AvgIpc) is 2.34. The molecule has 1 atom stereocenters. The Morgan fingerprint density at radius 1 is 1.67 bits per heavy atom. The summed E-state index contributed by atoms with van der Waals surface area (Å²) < 4.78 is 25.3. The van der Waals surface area contributed by atoms with E-state index in [0.29, 0.717) is 13.0 Å². The summed E-state index contributed by atoms with van der Waals surface area (Å²) in [7, 11) is 0. The molecule has 1 fully saturated rings. The molecule has 1 unspecified atom stereocenters. The van der Waals surface area contributed by atoms with Crippen LogP contribution in [-0.4, -0.2) is 36.2 Å². The SMILES string of the molecule is CCC(C=O)N1CCC(F)(F)C1. The van der Waals surface area contributed by atoms with E-state index in [9.17, 15) is 13.6 Å². The van der Waals surface area contributed by atoms with E-state index in [0.717, 1.165) is 6.29 Å². The van der Waals surface area contributed by atoms with Gasteiger partial charge in [0.15, 0.2) is 0 Å². The van der Waals surface area contributed by atoms with Crippen LogP contribution in [0.2, 0.25) is 0 Å². The Morgan fingerprint density at radius 3 is 2.67 bits per heavy atom. The number of halogens is 2. The molecule has 1 aliphatic rings. The Hall–Kier alpha value is -0.510. The van der Waals surface area contributed by atoms with Crippen LogP contribution in [-0.2, 0) is 4.79 Å². The van der Waals surface area contributed by atoms with Crippen molar-refractivity contribution in [2.24, 2.45) is 0 Å². The molecule has 1 aliphatic heterocycles. The van der Waals surface area contributed by atoms with Crippen molar-refractivity contribution in [1.82, 2.24) is 4.90 Å². The quantitative estimate of drug-likeness (QED) is 0.606. The van der Waals surface area contributed by atoms with Gasteiger partial charge in [0.1, 0.15) is 6.29 Å². The molecule has 4 heteroatoms. The van der Waals surface area contributed by atoms with Crippen molar-refractivity contribution in [1.29, 1.82) is 0 Å². The standard InChI is InChI=1S/C8H13F2NO/c1-2-7(5-12)11-4-3-8(9,10)6-11/h5,7H,2-4,6H2,1H3. The topological polar surface area (TPSA) is 20.3 Å². The molecule has 0 radical (unpaired) electrons. The van der Waals surface area contributed by atoms with E-state index in [4.69, 9.17) is 0 Å². The lowest BCUT2D eigenvalue weighted by atomic mass is 10.2. The predicted molar refractivity (Wildman–Crippen MR) is 41.3 cm³/mol. The molecular weight excluding hydrogens is 164 g/mol. The monoisotopic (exact) mass is 177 g/mol. The summed E-state index contributed by atoms with van der Waals surface area (Å²) in [5.41, 5.74) is 0. The van der Waals surface area contributed by atoms with Crippen molar-refractivity contribution < 1.29 is 13.6 Å². The zero-order valence-corrected chi connectivity index (χ0v) is 7.09. The molecule has 0 aromatic rings. The third-order valence-electron chi connectivity index (χ3n) is 2.24. The van der Waals surface area contributed by atoms with Crippen LogP contribution >= 0.6 is 0 Å². The zero-order chi connectivity index (χ0) is 9.19. The lowest BCUT2D eigenvalue weighted by molar-refractivity contribution is -0.112. The van der Waals surface area contributed by atoms with Crippen molar-refractivity contribution in [3.63, 3.8) is 0 Å². The summed E-state index contributed by atoms with van der Waals surface area (Å²) in [6, 6.07) is -0.321. The Bertz CT molecular complexity index is 172. The molecule has 0 aliphatic carbocycles. The number of nitrogens with zero attached hydrogens (tertiary/aromatic N) is 1. The fourth-order valence-corrected chi connectivity index (χ4v) is 1.49. The van der Waals surface area contributed by atoms with E-state index in [1.54, 1.807) is 4.90 Å². The van der Waals surface area contributed by atoms with Crippen LogP contribution in [0.3, 0.4) is 0 Å². The molecule has 0 saturated carbocycles. The van der Waals surface area contributed by atoms with E-state index in [1.807, 2.05) is 6.92 Å². The molecule has 1 saturated heterocycles. The summed E-state index contributed by atoms with van der Waals surface area (Å²) in [6.45, 7) is 1.91. The first-order valence-electron chi connectivity index (χ1n) is 4.16. The van der Waals surface area contributed by atoms with Gasteiger partial charge in [0.05, 0.1) is 12.6 Å². The molecule has 0 amide bonds. The second-order valence-corrected chi connectivity index (χ2v) is 3.19. The van der Waals surface area contributed by atoms with E-state index in [-0.39, 0.29) is 19.0 Å². The highest BCUT2D eigenvalue weighted by molar-refractivity contribution is 5.57. The Kier molecular flexibility index (Phi) is 2.77. The van der Waals surface area contributed by atoms with Crippen molar-refractivity contribution >= 4 is 6.29 Å². The lowest BCUT2D eigenvalue weighted by Crippen LogP contribution is -2.35. The van der Waals surface area contributed by atoms with Crippen molar-refractivity contribution in [3.05, 3.63) is 0 Å². The van der Waals surface area contributed by atoms with Crippen LogP contribution in [0.1, 0.15) is 19.8 Å². The fraction of sp³-hybridized carbons (Fsp3) is 0.875. The second kappa shape index (κ2) is 3.47. The molecule has 0 aromatic carbocycles. The smallest absolute Gasteiger partial charge is 0.261 e. The van der Waals surface area contributed by atoms with Crippen LogP contribution in [0.25, 0.3) is 0 Å². The van der Waals surface area contributed by atoms with E-state index in [2.05, 4.69) is 0 Å². The third kappa shape index (κ3) is 2.00. The highest BCUT2D eigenvalue weighted by Gasteiger charge is 2.40. The van der Waals surface area contributed by atoms with E-state index in [1.165, 1.54) is 0 Å². The summed E-state index contributed by atoms with van der Waals surface area (Å²) >= 11 is 0. The van der Waals surface area contributed by atoms with Crippen LogP contribution in [0, 0.1) is 0 Å². The van der Waals surface area contributed by atoms with Gasteiger partial charge in [-0.1, -0.05) is 6.92 Å². The number of hydrogen-bond donors (Lipinski definition) is 0. The maximum atomic E-state index is 12.7. The largest absolute Gasteiger partial charge is 0.302 e. The Balaban J connectivity index is 2.50. The van der Waals surface area contributed by atoms with Gasteiger partial charge >= 0.3 is 0 Å². The minimum absolute atomic E-state index is 0.114. The van der Waals surface area contributed by atoms with Crippen molar-refractivity contribution in [3.8, 4) is 0 Å². The molecule has 1 heterocycles.